The molecule has 0 heterocycles. The number of rotatable bonds is 8. The summed E-state index contributed by atoms with van der Waals surface area (Å²) in [5.41, 5.74) is 3.55. The predicted molar refractivity (Wildman–Crippen MR) is 120 cm³/mol. The van der Waals surface area contributed by atoms with Gasteiger partial charge in [0.2, 0.25) is 5.91 Å². The van der Waals surface area contributed by atoms with Crippen molar-refractivity contribution in [2.45, 2.75) is 20.3 Å². The second-order valence-electron chi connectivity index (χ2n) is 7.33. The Bertz CT molecular complexity index is 983. The average molecular weight is 402 g/mol. The van der Waals surface area contributed by atoms with Gasteiger partial charge in [0.05, 0.1) is 0 Å². The van der Waals surface area contributed by atoms with Crippen LogP contribution in [0.3, 0.4) is 0 Å². The minimum Gasteiger partial charge on any atom is -0.483 e. The fourth-order valence-corrected chi connectivity index (χ4v) is 2.87. The zero-order valence-corrected chi connectivity index (χ0v) is 17.2. The van der Waals surface area contributed by atoms with Crippen LogP contribution in [0.2, 0.25) is 0 Å². The summed E-state index contributed by atoms with van der Waals surface area (Å²) in [4.78, 5) is 24.0. The van der Waals surface area contributed by atoms with Crippen molar-refractivity contribution in [2.75, 3.05) is 17.2 Å². The Kier molecular flexibility index (Phi) is 7.22. The summed E-state index contributed by atoms with van der Waals surface area (Å²) < 4.78 is 5.78. The molecule has 154 valence electrons. The highest BCUT2D eigenvalue weighted by molar-refractivity contribution is 5.94. The van der Waals surface area contributed by atoms with Crippen molar-refractivity contribution in [1.82, 2.24) is 0 Å². The zero-order chi connectivity index (χ0) is 21.3. The number of amides is 2. The highest BCUT2D eigenvalue weighted by atomic mass is 16.5. The quantitative estimate of drug-likeness (QED) is 0.564. The van der Waals surface area contributed by atoms with E-state index in [4.69, 9.17) is 4.74 Å². The van der Waals surface area contributed by atoms with E-state index in [9.17, 15) is 9.59 Å². The molecule has 0 saturated carbocycles. The van der Waals surface area contributed by atoms with Gasteiger partial charge in [-0.15, -0.1) is 0 Å². The van der Waals surface area contributed by atoms with E-state index in [2.05, 4.69) is 22.8 Å². The first-order valence-corrected chi connectivity index (χ1v) is 9.96. The van der Waals surface area contributed by atoms with Gasteiger partial charge in [-0.1, -0.05) is 62.4 Å². The summed E-state index contributed by atoms with van der Waals surface area (Å²) in [5.74, 6) is 0.312. The molecule has 3 aromatic rings. The zero-order valence-electron chi connectivity index (χ0n) is 17.2. The molecule has 0 aromatic heterocycles. The topological polar surface area (TPSA) is 67.4 Å². The smallest absolute Gasteiger partial charge is 0.262 e. The molecular weight excluding hydrogens is 376 g/mol. The summed E-state index contributed by atoms with van der Waals surface area (Å²) in [6.45, 7) is 3.58. The highest BCUT2D eigenvalue weighted by Crippen LogP contribution is 2.21. The summed E-state index contributed by atoms with van der Waals surface area (Å²) in [5, 5.41) is 5.63. The fourth-order valence-electron chi connectivity index (χ4n) is 2.87. The lowest BCUT2D eigenvalue weighted by Gasteiger charge is -2.12. The monoisotopic (exact) mass is 402 g/mol. The number of ether oxygens (including phenoxy) is 1. The Hall–Kier alpha value is -3.60. The lowest BCUT2D eigenvalue weighted by Crippen LogP contribution is -2.20. The molecule has 0 aliphatic rings. The van der Waals surface area contributed by atoms with Gasteiger partial charge in [0.15, 0.2) is 6.61 Å². The average Bonchev–Trinajstić information content (AvgIpc) is 2.75. The van der Waals surface area contributed by atoms with E-state index in [0.29, 0.717) is 17.1 Å². The largest absolute Gasteiger partial charge is 0.483 e. The first kappa shape index (κ1) is 21.1. The molecule has 0 unspecified atom stereocenters. The van der Waals surface area contributed by atoms with Crippen LogP contribution >= 0.6 is 0 Å². The minimum atomic E-state index is -0.247. The summed E-state index contributed by atoms with van der Waals surface area (Å²) in [7, 11) is 0. The van der Waals surface area contributed by atoms with E-state index in [1.54, 1.807) is 24.3 Å². The summed E-state index contributed by atoms with van der Waals surface area (Å²) in [6, 6.07) is 24.9. The van der Waals surface area contributed by atoms with Crippen molar-refractivity contribution in [2.24, 2.45) is 5.92 Å². The van der Waals surface area contributed by atoms with Crippen LogP contribution in [0.25, 0.3) is 0 Å². The molecule has 0 aliphatic heterocycles. The first-order valence-electron chi connectivity index (χ1n) is 9.96. The molecule has 5 heteroatoms. The Labute approximate surface area is 177 Å². The molecule has 0 spiro atoms. The van der Waals surface area contributed by atoms with Crippen LogP contribution in [0, 0.1) is 5.92 Å². The Morgan fingerprint density at radius 1 is 0.800 bits per heavy atom. The fraction of sp³-hybridized carbons (Fsp3) is 0.200. The van der Waals surface area contributed by atoms with Crippen molar-refractivity contribution in [3.63, 3.8) is 0 Å². The van der Waals surface area contributed by atoms with E-state index >= 15 is 0 Å². The third-order valence-electron chi connectivity index (χ3n) is 4.53. The van der Waals surface area contributed by atoms with Gasteiger partial charge in [0.25, 0.3) is 5.91 Å². The molecule has 3 aromatic carbocycles. The van der Waals surface area contributed by atoms with Crippen LogP contribution in [0.4, 0.5) is 11.4 Å². The van der Waals surface area contributed by atoms with Gasteiger partial charge in [-0.2, -0.15) is 0 Å². The Morgan fingerprint density at radius 3 is 2.07 bits per heavy atom. The van der Waals surface area contributed by atoms with E-state index in [-0.39, 0.29) is 24.3 Å². The minimum absolute atomic E-state index is 0.0469. The van der Waals surface area contributed by atoms with Gasteiger partial charge in [0.1, 0.15) is 5.75 Å². The maximum atomic E-state index is 12.3. The van der Waals surface area contributed by atoms with Gasteiger partial charge in [0, 0.05) is 23.7 Å². The lowest BCUT2D eigenvalue weighted by molar-refractivity contribution is -0.119. The molecule has 0 atom stereocenters. The van der Waals surface area contributed by atoms with Gasteiger partial charge in [-0.05, 0) is 41.5 Å². The van der Waals surface area contributed by atoms with Crippen LogP contribution in [0.5, 0.6) is 5.75 Å². The molecule has 5 nitrogen and oxygen atoms in total. The number of hydrogen-bond acceptors (Lipinski definition) is 3. The summed E-state index contributed by atoms with van der Waals surface area (Å²) >= 11 is 0. The predicted octanol–water partition coefficient (Wildman–Crippen LogP) is 4.89. The molecule has 2 amide bonds. The molecule has 30 heavy (non-hydrogen) atoms. The Balaban J connectivity index is 1.54. The molecule has 0 bridgehead atoms. The van der Waals surface area contributed by atoms with Gasteiger partial charge >= 0.3 is 0 Å². The number of carbonyl (C=O) groups is 2. The number of anilines is 2. The maximum absolute atomic E-state index is 12.3. The van der Waals surface area contributed by atoms with Crippen LogP contribution in [-0.4, -0.2) is 18.4 Å². The molecule has 0 fully saturated rings. The first-order chi connectivity index (χ1) is 14.5. The van der Waals surface area contributed by atoms with E-state index in [1.165, 1.54) is 5.56 Å². The molecule has 3 rings (SSSR count). The standard InChI is InChI=1S/C25H26N2O3/c1-18(2)25(29)27-22-14-12-21(13-15-22)26-24(28)17-30-23-11-7-6-10-20(23)16-19-8-4-3-5-9-19/h3-15,18H,16-17H2,1-2H3,(H,26,28)(H,27,29). The normalized spacial score (nSPS) is 10.5. The second-order valence-corrected chi connectivity index (χ2v) is 7.33. The third kappa shape index (κ3) is 6.21. The van der Waals surface area contributed by atoms with Gasteiger partial charge in [-0.3, -0.25) is 9.59 Å². The molecule has 0 radical (unpaired) electrons. The highest BCUT2D eigenvalue weighted by Gasteiger charge is 2.09. The number of para-hydroxylation sites is 1. The third-order valence-corrected chi connectivity index (χ3v) is 4.53. The molecule has 0 saturated heterocycles. The van der Waals surface area contributed by atoms with Crippen LogP contribution in [0.15, 0.2) is 78.9 Å². The van der Waals surface area contributed by atoms with E-state index in [1.807, 2.05) is 56.3 Å². The Morgan fingerprint density at radius 2 is 1.40 bits per heavy atom. The molecular formula is C25H26N2O3. The van der Waals surface area contributed by atoms with Gasteiger partial charge in [-0.25, -0.2) is 0 Å². The van der Waals surface area contributed by atoms with Crippen LogP contribution < -0.4 is 15.4 Å². The number of hydrogen-bond donors (Lipinski definition) is 2. The maximum Gasteiger partial charge on any atom is 0.262 e. The molecule has 2 N–H and O–H groups in total. The number of benzene rings is 3. The van der Waals surface area contributed by atoms with Crippen molar-refractivity contribution in [3.05, 3.63) is 90.0 Å². The lowest BCUT2D eigenvalue weighted by atomic mass is 10.0. The van der Waals surface area contributed by atoms with Crippen LogP contribution in [0.1, 0.15) is 25.0 Å². The summed E-state index contributed by atoms with van der Waals surface area (Å²) in [6.07, 6.45) is 0.738. The number of nitrogens with one attached hydrogen (secondary N) is 2. The SMILES string of the molecule is CC(C)C(=O)Nc1ccc(NC(=O)COc2ccccc2Cc2ccccc2)cc1. The van der Waals surface area contributed by atoms with Crippen molar-refractivity contribution in [3.8, 4) is 5.75 Å². The van der Waals surface area contributed by atoms with Crippen molar-refractivity contribution in [1.29, 1.82) is 0 Å². The van der Waals surface area contributed by atoms with Gasteiger partial charge < -0.3 is 15.4 Å². The second kappa shape index (κ2) is 10.3. The van der Waals surface area contributed by atoms with Crippen LogP contribution in [-0.2, 0) is 16.0 Å². The number of carbonyl (C=O) groups excluding carboxylic acids is 2. The van der Waals surface area contributed by atoms with Crippen molar-refractivity contribution >= 4 is 23.2 Å². The van der Waals surface area contributed by atoms with E-state index < -0.39 is 0 Å². The van der Waals surface area contributed by atoms with E-state index in [0.717, 1.165) is 12.0 Å². The van der Waals surface area contributed by atoms with Crippen molar-refractivity contribution < 1.29 is 14.3 Å². The molecule has 0 aliphatic carbocycles.